The number of carbonyl (C=O) groups is 1. The van der Waals surface area contributed by atoms with Crippen LogP contribution >= 0.6 is 10.6 Å². The van der Waals surface area contributed by atoms with E-state index in [0.717, 1.165) is 0 Å². The van der Waals surface area contributed by atoms with Crippen LogP contribution in [0.15, 0.2) is 24.7 Å². The van der Waals surface area contributed by atoms with Gasteiger partial charge < -0.3 is 15.8 Å². The number of aromatic nitrogens is 3. The molecule has 2 aromatic heterocycles. The lowest BCUT2D eigenvalue weighted by Gasteiger charge is -2.46. The third kappa shape index (κ3) is 3.83. The molecule has 0 unspecified atom stereocenters. The largest absolute Gasteiger partial charge is 0.471 e. The topological polar surface area (TPSA) is 136 Å². The number of piperidine rings is 1. The van der Waals surface area contributed by atoms with E-state index in [-0.39, 0.29) is 35.5 Å². The summed E-state index contributed by atoms with van der Waals surface area (Å²) >= 11 is 0. The third-order valence-electron chi connectivity index (χ3n) is 4.96. The number of hydrogen-bond donors (Lipinski definition) is 4. The van der Waals surface area contributed by atoms with E-state index in [1.807, 2.05) is 0 Å². The summed E-state index contributed by atoms with van der Waals surface area (Å²) in [6, 6.07) is 1.49. The maximum absolute atomic E-state index is 14.0. The summed E-state index contributed by atoms with van der Waals surface area (Å²) in [5.41, 5.74) is 6.87. The van der Waals surface area contributed by atoms with Gasteiger partial charge in [-0.2, -0.15) is 15.7 Å². The molecule has 4 heterocycles. The number of ether oxygens (including phenoxy) is 1. The van der Waals surface area contributed by atoms with Crippen molar-refractivity contribution in [3.8, 4) is 17.0 Å². The molecule has 5 N–H and O–H groups in total. The Morgan fingerprint density at radius 1 is 1.36 bits per heavy atom. The number of nitrogens with one attached hydrogen (secondary N) is 1. The van der Waals surface area contributed by atoms with Gasteiger partial charge in [0.05, 0.1) is 23.7 Å². The van der Waals surface area contributed by atoms with Crippen molar-refractivity contribution in [2.24, 2.45) is 5.73 Å². The number of nitrogens with two attached hydrogens (primary N) is 1. The van der Waals surface area contributed by atoms with Crippen LogP contribution in [0.3, 0.4) is 0 Å². The van der Waals surface area contributed by atoms with Crippen molar-refractivity contribution in [3.63, 3.8) is 0 Å². The Labute approximate surface area is 162 Å². The van der Waals surface area contributed by atoms with Crippen LogP contribution in [-0.4, -0.2) is 66.6 Å². The summed E-state index contributed by atoms with van der Waals surface area (Å²) in [7, 11) is -2.46. The molecule has 28 heavy (non-hydrogen) atoms. The van der Waals surface area contributed by atoms with Crippen LogP contribution in [0.25, 0.3) is 11.1 Å². The number of pyridine rings is 1. The van der Waals surface area contributed by atoms with E-state index in [4.69, 9.17) is 10.5 Å². The predicted molar refractivity (Wildman–Crippen MR) is 102 cm³/mol. The first kappa shape index (κ1) is 19.1. The Bertz CT molecular complexity index is 884. The van der Waals surface area contributed by atoms with Gasteiger partial charge in [0.25, 0.3) is 5.91 Å². The second kappa shape index (κ2) is 7.32. The van der Waals surface area contributed by atoms with Crippen molar-refractivity contribution in [1.82, 2.24) is 20.1 Å². The average Bonchev–Trinajstić information content (AvgIpc) is 3.11. The first-order valence-corrected chi connectivity index (χ1v) is 10.8. The Morgan fingerprint density at radius 2 is 2.14 bits per heavy atom. The maximum atomic E-state index is 14.0. The number of halogens is 1. The molecule has 4 rings (SSSR count). The molecule has 0 saturated carbocycles. The van der Waals surface area contributed by atoms with Crippen molar-refractivity contribution in [2.75, 3.05) is 24.6 Å². The second-order valence-corrected chi connectivity index (χ2v) is 9.38. The molecule has 0 spiro atoms. The molecule has 152 valence electrons. The monoisotopic (exact) mass is 411 g/mol. The SMILES string of the molecule is NC(=O)c1cc(-c2cnn(C3CS(O)(O)C3)c2)cnc1O[C@@H]1CCNC[C@@H]1F. The summed E-state index contributed by atoms with van der Waals surface area (Å²) in [4.78, 5) is 16.1. The van der Waals surface area contributed by atoms with Crippen LogP contribution in [-0.2, 0) is 0 Å². The molecule has 2 aliphatic rings. The fourth-order valence-corrected chi connectivity index (χ4v) is 4.80. The van der Waals surface area contributed by atoms with Gasteiger partial charge in [0, 0.05) is 30.1 Å². The van der Waals surface area contributed by atoms with Crippen molar-refractivity contribution >= 4 is 16.5 Å². The number of amides is 1. The molecule has 2 saturated heterocycles. The number of primary amides is 1. The van der Waals surface area contributed by atoms with E-state index in [9.17, 15) is 18.3 Å². The Morgan fingerprint density at radius 3 is 2.82 bits per heavy atom. The number of alkyl halides is 1. The van der Waals surface area contributed by atoms with E-state index in [0.29, 0.717) is 24.1 Å². The Balaban J connectivity index is 1.55. The smallest absolute Gasteiger partial charge is 0.254 e. The lowest BCUT2D eigenvalue weighted by atomic mass is 10.1. The van der Waals surface area contributed by atoms with Crippen molar-refractivity contribution < 1.29 is 23.0 Å². The van der Waals surface area contributed by atoms with Gasteiger partial charge in [-0.1, -0.05) is 0 Å². The van der Waals surface area contributed by atoms with E-state index in [1.54, 1.807) is 23.1 Å². The Kier molecular flexibility index (Phi) is 5.00. The van der Waals surface area contributed by atoms with Crippen LogP contribution in [0.4, 0.5) is 4.39 Å². The molecule has 1 amide bonds. The van der Waals surface area contributed by atoms with E-state index >= 15 is 0 Å². The molecule has 11 heteroatoms. The Hall–Kier alpha value is -2.21. The summed E-state index contributed by atoms with van der Waals surface area (Å²) in [5, 5.41) is 7.19. The van der Waals surface area contributed by atoms with Gasteiger partial charge in [0.15, 0.2) is 0 Å². The highest BCUT2D eigenvalue weighted by Crippen LogP contribution is 2.53. The highest BCUT2D eigenvalue weighted by Gasteiger charge is 2.35. The zero-order valence-corrected chi connectivity index (χ0v) is 15.8. The molecule has 2 fully saturated rings. The minimum Gasteiger partial charge on any atom is -0.471 e. The van der Waals surface area contributed by atoms with Gasteiger partial charge in [0.1, 0.15) is 17.8 Å². The van der Waals surface area contributed by atoms with Crippen molar-refractivity contribution in [2.45, 2.75) is 24.7 Å². The minimum atomic E-state index is -2.46. The van der Waals surface area contributed by atoms with Crippen LogP contribution < -0.4 is 15.8 Å². The molecule has 2 aromatic rings. The maximum Gasteiger partial charge on any atom is 0.254 e. The minimum absolute atomic E-state index is 0.0196. The van der Waals surface area contributed by atoms with Crippen molar-refractivity contribution in [1.29, 1.82) is 0 Å². The quantitative estimate of drug-likeness (QED) is 0.584. The number of rotatable bonds is 5. The molecule has 0 aromatic carbocycles. The molecular weight excluding hydrogens is 389 g/mol. The summed E-state index contributed by atoms with van der Waals surface area (Å²) in [6.45, 7) is 0.819. The number of nitrogens with zero attached hydrogens (tertiary/aromatic N) is 3. The predicted octanol–water partition coefficient (Wildman–Crippen LogP) is 1.43. The van der Waals surface area contributed by atoms with Crippen LogP contribution in [0.1, 0.15) is 22.8 Å². The summed E-state index contributed by atoms with van der Waals surface area (Å²) < 4.78 is 40.4. The van der Waals surface area contributed by atoms with E-state index < -0.39 is 28.8 Å². The average molecular weight is 411 g/mol. The molecule has 0 aliphatic carbocycles. The molecule has 2 aliphatic heterocycles. The first-order chi connectivity index (χ1) is 13.3. The zero-order valence-electron chi connectivity index (χ0n) is 15.0. The first-order valence-electron chi connectivity index (χ1n) is 8.92. The van der Waals surface area contributed by atoms with Gasteiger partial charge in [-0.05, 0) is 19.0 Å². The number of carbonyl (C=O) groups excluding carboxylic acids is 1. The standard InChI is InChI=1S/C17H22FN5O4S/c18-14-6-20-2-1-15(14)27-17-13(16(19)24)3-10(4-21-17)11-5-22-23(7-11)12-8-28(25,26)9-12/h3-5,7,12,14-15,20,25-26H,1-2,6,8-9H2,(H2,19,24)/t14-,15+/m0/s1. The lowest BCUT2D eigenvalue weighted by Crippen LogP contribution is -2.44. The summed E-state index contributed by atoms with van der Waals surface area (Å²) in [6.07, 6.45) is 3.48. The van der Waals surface area contributed by atoms with Crippen molar-refractivity contribution in [3.05, 3.63) is 30.2 Å². The number of hydrogen-bond acceptors (Lipinski definition) is 7. The van der Waals surface area contributed by atoms with Crippen LogP contribution in [0.2, 0.25) is 0 Å². The fraction of sp³-hybridized carbons (Fsp3) is 0.471. The van der Waals surface area contributed by atoms with E-state index in [1.165, 1.54) is 6.20 Å². The van der Waals surface area contributed by atoms with E-state index in [2.05, 4.69) is 15.4 Å². The molecule has 9 nitrogen and oxygen atoms in total. The van der Waals surface area contributed by atoms with Crippen LogP contribution in [0, 0.1) is 0 Å². The molecule has 0 bridgehead atoms. The fourth-order valence-electron chi connectivity index (χ4n) is 3.36. The second-order valence-electron chi connectivity index (χ2n) is 7.10. The van der Waals surface area contributed by atoms with Gasteiger partial charge >= 0.3 is 0 Å². The lowest BCUT2D eigenvalue weighted by molar-refractivity contribution is 0.0676. The van der Waals surface area contributed by atoms with Crippen LogP contribution in [0.5, 0.6) is 5.88 Å². The highest BCUT2D eigenvalue weighted by molar-refractivity contribution is 8.25. The van der Waals surface area contributed by atoms with Gasteiger partial charge in [-0.25, -0.2) is 9.37 Å². The normalized spacial score (nSPS) is 25.7. The van der Waals surface area contributed by atoms with Gasteiger partial charge in [0.2, 0.25) is 5.88 Å². The molecular formula is C17H22FN5O4S. The van der Waals surface area contributed by atoms with Gasteiger partial charge in [-0.15, -0.1) is 0 Å². The molecule has 2 atom stereocenters. The summed E-state index contributed by atoms with van der Waals surface area (Å²) in [5.74, 6) is -0.126. The molecule has 0 radical (unpaired) electrons. The zero-order chi connectivity index (χ0) is 19.9. The highest BCUT2D eigenvalue weighted by atomic mass is 32.3. The third-order valence-corrected chi connectivity index (χ3v) is 6.79. The van der Waals surface area contributed by atoms with Gasteiger partial charge in [-0.3, -0.25) is 18.6 Å².